The Morgan fingerprint density at radius 2 is 1.74 bits per heavy atom. The van der Waals surface area contributed by atoms with Crippen molar-refractivity contribution in [3.05, 3.63) is 66.2 Å². The van der Waals surface area contributed by atoms with E-state index in [0.717, 1.165) is 53.8 Å². The topological polar surface area (TPSA) is 58.8 Å². The minimum Gasteiger partial charge on any atom is -0.337 e. The largest absolute Gasteiger partial charge is 0.337 e. The lowest BCUT2D eigenvalue weighted by Crippen LogP contribution is -3.10. The number of likely N-dealkylation sites (tertiary alicyclic amines) is 1. The Bertz CT molecular complexity index is 988. The molecule has 2 aromatic carbocycles. The van der Waals surface area contributed by atoms with Gasteiger partial charge in [-0.2, -0.15) is 5.10 Å². The number of aromatic nitrogens is 1. The standard InChI is InChI=1S/C22H22N4O/c1-26-13-11-17(12-14-26)24-25-22(27)19-15-21(16-7-3-2-4-8-16)23-20-10-6-5-9-18(19)20/h2-10,15H,11-14H2,1H3,(H,25,27)/p+1. The number of hydrogen-bond acceptors (Lipinski definition) is 3. The molecular weight excluding hydrogens is 336 g/mol. The number of piperidine rings is 1. The van der Waals surface area contributed by atoms with Gasteiger partial charge in [0.1, 0.15) is 0 Å². The Kier molecular flexibility index (Phi) is 4.94. The molecule has 27 heavy (non-hydrogen) atoms. The van der Waals surface area contributed by atoms with Gasteiger partial charge in [0.25, 0.3) is 5.91 Å². The van der Waals surface area contributed by atoms with Crippen molar-refractivity contribution in [2.75, 3.05) is 20.1 Å². The van der Waals surface area contributed by atoms with Gasteiger partial charge in [0.15, 0.2) is 0 Å². The van der Waals surface area contributed by atoms with Crippen LogP contribution in [-0.2, 0) is 0 Å². The summed E-state index contributed by atoms with van der Waals surface area (Å²) in [5.41, 5.74) is 7.01. The van der Waals surface area contributed by atoms with Gasteiger partial charge in [0.2, 0.25) is 0 Å². The second-order valence-electron chi connectivity index (χ2n) is 7.01. The van der Waals surface area contributed by atoms with E-state index in [0.29, 0.717) is 5.56 Å². The van der Waals surface area contributed by atoms with Crippen LogP contribution >= 0.6 is 0 Å². The van der Waals surface area contributed by atoms with Crippen molar-refractivity contribution in [1.29, 1.82) is 0 Å². The molecule has 5 nitrogen and oxygen atoms in total. The molecule has 136 valence electrons. The number of rotatable bonds is 3. The van der Waals surface area contributed by atoms with Crippen LogP contribution in [0.25, 0.3) is 22.2 Å². The second-order valence-corrected chi connectivity index (χ2v) is 7.01. The molecule has 2 heterocycles. The quantitative estimate of drug-likeness (QED) is 0.705. The van der Waals surface area contributed by atoms with Gasteiger partial charge in [-0.15, -0.1) is 0 Å². The summed E-state index contributed by atoms with van der Waals surface area (Å²) in [6.45, 7) is 2.12. The summed E-state index contributed by atoms with van der Waals surface area (Å²) in [7, 11) is 2.18. The van der Waals surface area contributed by atoms with Gasteiger partial charge in [-0.25, -0.2) is 10.4 Å². The SMILES string of the molecule is C[NH+]1CCC(=NNC(=O)c2cc(-c3ccccc3)nc3ccccc23)CC1. The molecule has 0 atom stereocenters. The summed E-state index contributed by atoms with van der Waals surface area (Å²) in [6, 6.07) is 19.5. The number of pyridine rings is 1. The number of amides is 1. The number of quaternary nitrogens is 1. The Hall–Kier alpha value is -3.05. The molecule has 0 unspecified atom stereocenters. The van der Waals surface area contributed by atoms with Crippen molar-refractivity contribution in [2.45, 2.75) is 12.8 Å². The lowest BCUT2D eigenvalue weighted by atomic mass is 10.0. The molecule has 3 aromatic rings. The maximum absolute atomic E-state index is 12.9. The summed E-state index contributed by atoms with van der Waals surface area (Å²) >= 11 is 0. The number of carbonyl (C=O) groups excluding carboxylic acids is 1. The molecule has 0 aliphatic carbocycles. The number of benzene rings is 2. The molecule has 1 aliphatic rings. The Morgan fingerprint density at radius 3 is 2.52 bits per heavy atom. The number of nitrogens with one attached hydrogen (secondary N) is 2. The zero-order valence-electron chi connectivity index (χ0n) is 15.4. The van der Waals surface area contributed by atoms with Crippen LogP contribution < -0.4 is 10.3 Å². The highest BCUT2D eigenvalue weighted by Gasteiger charge is 2.16. The molecule has 0 spiro atoms. The number of fused-ring (bicyclic) bond motifs is 1. The third-order valence-corrected chi connectivity index (χ3v) is 5.03. The van der Waals surface area contributed by atoms with Crippen LogP contribution in [0.3, 0.4) is 0 Å². The van der Waals surface area contributed by atoms with Crippen molar-refractivity contribution in [2.24, 2.45) is 5.10 Å². The average Bonchev–Trinajstić information content (AvgIpc) is 2.73. The molecular formula is C22H23N4O+. The molecule has 1 saturated heterocycles. The van der Waals surface area contributed by atoms with Gasteiger partial charge in [-0.1, -0.05) is 48.5 Å². The van der Waals surface area contributed by atoms with Crippen LogP contribution in [-0.4, -0.2) is 36.7 Å². The highest BCUT2D eigenvalue weighted by Crippen LogP contribution is 2.24. The van der Waals surface area contributed by atoms with E-state index >= 15 is 0 Å². The van der Waals surface area contributed by atoms with Crippen molar-refractivity contribution in [3.63, 3.8) is 0 Å². The van der Waals surface area contributed by atoms with Gasteiger partial charge in [0.05, 0.1) is 36.9 Å². The monoisotopic (exact) mass is 359 g/mol. The first-order chi connectivity index (χ1) is 13.2. The summed E-state index contributed by atoms with van der Waals surface area (Å²) in [6.07, 6.45) is 1.86. The second kappa shape index (κ2) is 7.68. The number of para-hydroxylation sites is 1. The van der Waals surface area contributed by atoms with Crippen molar-refractivity contribution in [1.82, 2.24) is 10.4 Å². The lowest BCUT2D eigenvalue weighted by Gasteiger charge is -2.20. The van der Waals surface area contributed by atoms with E-state index in [-0.39, 0.29) is 5.91 Å². The highest BCUT2D eigenvalue weighted by atomic mass is 16.2. The number of hydrazone groups is 1. The molecule has 0 saturated carbocycles. The molecule has 1 amide bonds. The van der Waals surface area contributed by atoms with Gasteiger partial charge < -0.3 is 4.90 Å². The van der Waals surface area contributed by atoms with E-state index < -0.39 is 0 Å². The van der Waals surface area contributed by atoms with E-state index in [2.05, 4.69) is 17.6 Å². The zero-order valence-corrected chi connectivity index (χ0v) is 15.4. The maximum Gasteiger partial charge on any atom is 0.272 e. The lowest BCUT2D eigenvalue weighted by molar-refractivity contribution is -0.880. The minimum atomic E-state index is -0.190. The molecule has 5 heteroatoms. The number of nitrogens with zero attached hydrogens (tertiary/aromatic N) is 2. The van der Waals surface area contributed by atoms with Crippen LogP contribution in [0.2, 0.25) is 0 Å². The maximum atomic E-state index is 12.9. The fourth-order valence-corrected chi connectivity index (χ4v) is 3.39. The van der Waals surface area contributed by atoms with Gasteiger partial charge in [-0.05, 0) is 12.1 Å². The summed E-state index contributed by atoms with van der Waals surface area (Å²) < 4.78 is 0. The van der Waals surface area contributed by atoms with E-state index in [1.54, 1.807) is 0 Å². The fraction of sp³-hybridized carbons (Fsp3) is 0.227. The normalized spacial score (nSPS) is 16.9. The molecule has 1 aromatic heterocycles. The minimum absolute atomic E-state index is 0.190. The Balaban J connectivity index is 1.67. The molecule has 1 aliphatic heterocycles. The van der Waals surface area contributed by atoms with Crippen LogP contribution in [0, 0.1) is 0 Å². The number of hydrogen-bond donors (Lipinski definition) is 2. The molecule has 1 fully saturated rings. The van der Waals surface area contributed by atoms with E-state index in [1.807, 2.05) is 60.7 Å². The van der Waals surface area contributed by atoms with E-state index in [4.69, 9.17) is 4.98 Å². The van der Waals surface area contributed by atoms with Crippen LogP contribution in [0.5, 0.6) is 0 Å². The summed E-state index contributed by atoms with van der Waals surface area (Å²) in [5.74, 6) is -0.190. The predicted molar refractivity (Wildman–Crippen MR) is 108 cm³/mol. The van der Waals surface area contributed by atoms with Crippen molar-refractivity contribution >= 4 is 22.5 Å². The van der Waals surface area contributed by atoms with E-state index in [1.165, 1.54) is 4.90 Å². The zero-order chi connectivity index (χ0) is 18.6. The molecule has 4 rings (SSSR count). The Labute approximate surface area is 158 Å². The highest BCUT2D eigenvalue weighted by molar-refractivity contribution is 6.07. The summed E-state index contributed by atoms with van der Waals surface area (Å²) in [4.78, 5) is 19.1. The predicted octanol–water partition coefficient (Wildman–Crippen LogP) is 2.30. The molecule has 2 N–H and O–H groups in total. The summed E-state index contributed by atoms with van der Waals surface area (Å²) in [5, 5.41) is 5.22. The third-order valence-electron chi connectivity index (χ3n) is 5.03. The Morgan fingerprint density at radius 1 is 1.04 bits per heavy atom. The van der Waals surface area contributed by atoms with Gasteiger partial charge >= 0.3 is 0 Å². The molecule has 0 radical (unpaired) electrons. The van der Waals surface area contributed by atoms with E-state index in [9.17, 15) is 4.79 Å². The fourth-order valence-electron chi connectivity index (χ4n) is 3.39. The van der Waals surface area contributed by atoms with Crippen LogP contribution in [0.4, 0.5) is 0 Å². The smallest absolute Gasteiger partial charge is 0.272 e. The number of carbonyl (C=O) groups is 1. The first-order valence-corrected chi connectivity index (χ1v) is 9.33. The first-order valence-electron chi connectivity index (χ1n) is 9.33. The van der Waals surface area contributed by atoms with Gasteiger partial charge in [-0.3, -0.25) is 4.79 Å². The first kappa shape index (κ1) is 17.4. The third kappa shape index (κ3) is 3.88. The van der Waals surface area contributed by atoms with Crippen molar-refractivity contribution < 1.29 is 9.69 Å². The van der Waals surface area contributed by atoms with Gasteiger partial charge in [0, 0.05) is 29.5 Å². The van der Waals surface area contributed by atoms with Crippen LogP contribution in [0.1, 0.15) is 23.2 Å². The van der Waals surface area contributed by atoms with Crippen molar-refractivity contribution in [3.8, 4) is 11.3 Å². The average molecular weight is 359 g/mol. The van der Waals surface area contributed by atoms with Crippen LogP contribution in [0.15, 0.2) is 65.8 Å². The molecule has 0 bridgehead atoms.